The van der Waals surface area contributed by atoms with Crippen LogP contribution in [0.2, 0.25) is 0 Å². The van der Waals surface area contributed by atoms with E-state index in [2.05, 4.69) is 22.0 Å². The van der Waals surface area contributed by atoms with Gasteiger partial charge in [0.25, 0.3) is 0 Å². The van der Waals surface area contributed by atoms with Gasteiger partial charge in [-0.25, -0.2) is 9.88 Å². The highest BCUT2D eigenvalue weighted by Gasteiger charge is 2.48. The standard InChI is InChI=1S/C18H22N4O2/c23-17-15-3-1-2-4-16(15)18(24)22(17)13-20-9-11-21(12-10-20)14-5-7-19-8-6-14/h1-2,5-8,15-16H,3-4,9-13H2/p+2/t15-,16-/m1/s1. The average molecular weight is 328 g/mol. The van der Waals surface area contributed by atoms with E-state index in [0.717, 1.165) is 39.0 Å². The fourth-order valence-electron chi connectivity index (χ4n) is 4.08. The summed E-state index contributed by atoms with van der Waals surface area (Å²) in [6.45, 7) is 4.32. The zero-order valence-corrected chi connectivity index (χ0v) is 13.8. The van der Waals surface area contributed by atoms with Gasteiger partial charge in [-0.05, 0) is 12.8 Å². The number of likely N-dealkylation sites (tertiary alicyclic amines) is 1. The van der Waals surface area contributed by atoms with Gasteiger partial charge in [0.15, 0.2) is 19.1 Å². The van der Waals surface area contributed by atoms with E-state index in [1.807, 2.05) is 24.5 Å². The maximum Gasteiger partial charge on any atom is 0.237 e. The van der Waals surface area contributed by atoms with Gasteiger partial charge in [-0.1, -0.05) is 12.2 Å². The number of aromatic nitrogens is 1. The summed E-state index contributed by atoms with van der Waals surface area (Å²) in [4.78, 5) is 33.4. The molecule has 1 aromatic rings. The number of nitrogens with one attached hydrogen (secondary N) is 2. The summed E-state index contributed by atoms with van der Waals surface area (Å²) in [7, 11) is 0. The number of pyridine rings is 1. The normalized spacial score (nSPS) is 27.7. The highest BCUT2D eigenvalue weighted by atomic mass is 16.2. The smallest absolute Gasteiger partial charge is 0.237 e. The molecule has 2 fully saturated rings. The molecule has 4 rings (SSSR count). The molecule has 6 heteroatoms. The first kappa shape index (κ1) is 15.3. The molecule has 3 aliphatic rings. The number of amides is 2. The van der Waals surface area contributed by atoms with Gasteiger partial charge in [-0.2, -0.15) is 0 Å². The number of fused-ring (bicyclic) bond motifs is 1. The van der Waals surface area contributed by atoms with Gasteiger partial charge in [-0.3, -0.25) is 9.59 Å². The van der Waals surface area contributed by atoms with Crippen LogP contribution < -0.4 is 14.8 Å². The molecule has 6 nitrogen and oxygen atoms in total. The molecule has 2 aliphatic heterocycles. The third-order valence-electron chi connectivity index (χ3n) is 5.52. The summed E-state index contributed by atoms with van der Waals surface area (Å²) in [6.07, 6.45) is 9.40. The first-order valence-electron chi connectivity index (χ1n) is 8.79. The van der Waals surface area contributed by atoms with Gasteiger partial charge in [0.1, 0.15) is 0 Å². The van der Waals surface area contributed by atoms with Crippen molar-refractivity contribution in [2.45, 2.75) is 12.8 Å². The zero-order chi connectivity index (χ0) is 16.5. The third kappa shape index (κ3) is 2.71. The predicted octanol–water partition coefficient (Wildman–Crippen LogP) is -0.886. The highest BCUT2D eigenvalue weighted by molar-refractivity contribution is 6.05. The molecule has 0 unspecified atom stereocenters. The summed E-state index contributed by atoms with van der Waals surface area (Å²) < 4.78 is 0. The van der Waals surface area contributed by atoms with Crippen LogP contribution in [0, 0.1) is 11.8 Å². The third-order valence-corrected chi connectivity index (χ3v) is 5.52. The molecule has 1 aliphatic carbocycles. The molecule has 0 aromatic carbocycles. The van der Waals surface area contributed by atoms with Gasteiger partial charge in [0, 0.05) is 17.8 Å². The Morgan fingerprint density at radius 2 is 1.58 bits per heavy atom. The Hall–Kier alpha value is -2.21. The van der Waals surface area contributed by atoms with Gasteiger partial charge in [0.2, 0.25) is 11.8 Å². The second kappa shape index (κ2) is 6.36. The van der Waals surface area contributed by atoms with Crippen molar-refractivity contribution in [2.75, 3.05) is 37.7 Å². The number of hydrogen-bond acceptors (Lipinski definition) is 3. The lowest BCUT2D eigenvalue weighted by Crippen LogP contribution is -3.16. The molecule has 2 amide bonds. The number of hydrogen-bond donors (Lipinski definition) is 1. The van der Waals surface area contributed by atoms with Crippen LogP contribution in [0.3, 0.4) is 0 Å². The van der Waals surface area contributed by atoms with E-state index in [0.29, 0.717) is 6.67 Å². The number of imide groups is 1. The number of aromatic amines is 1. The van der Waals surface area contributed by atoms with Crippen molar-refractivity contribution in [3.63, 3.8) is 0 Å². The van der Waals surface area contributed by atoms with E-state index >= 15 is 0 Å². The van der Waals surface area contributed by atoms with Crippen molar-refractivity contribution in [3.8, 4) is 0 Å². The quantitative estimate of drug-likeness (QED) is 0.579. The number of carbonyl (C=O) groups excluding carboxylic acids is 2. The molecular formula is C18H24N4O2+2. The van der Waals surface area contributed by atoms with Gasteiger partial charge >= 0.3 is 0 Å². The molecule has 0 bridgehead atoms. The van der Waals surface area contributed by atoms with Crippen LogP contribution in [-0.2, 0) is 9.59 Å². The van der Waals surface area contributed by atoms with E-state index in [-0.39, 0.29) is 23.7 Å². The Morgan fingerprint density at radius 3 is 2.17 bits per heavy atom. The van der Waals surface area contributed by atoms with Crippen LogP contribution in [0.25, 0.3) is 0 Å². The number of carbonyl (C=O) groups is 2. The minimum Gasteiger partial charge on any atom is -0.360 e. The molecule has 24 heavy (non-hydrogen) atoms. The van der Waals surface area contributed by atoms with E-state index in [4.69, 9.17) is 0 Å². The van der Waals surface area contributed by atoms with E-state index < -0.39 is 0 Å². The number of nitrogens with zero attached hydrogens (tertiary/aromatic N) is 2. The number of allylic oxidation sites excluding steroid dienone is 2. The SMILES string of the molecule is O=C1[C@@H]2CC=CC[C@H]2C(=O)N1C[NH+]1CCN(c2cc[nH+]cc2)CC1. The fourth-order valence-corrected chi connectivity index (χ4v) is 4.08. The van der Waals surface area contributed by atoms with Crippen molar-refractivity contribution in [3.05, 3.63) is 36.7 Å². The predicted molar refractivity (Wildman–Crippen MR) is 88.0 cm³/mol. The molecule has 2 atom stereocenters. The van der Waals surface area contributed by atoms with Crippen LogP contribution in [0.4, 0.5) is 5.69 Å². The van der Waals surface area contributed by atoms with Crippen LogP contribution in [0.1, 0.15) is 12.8 Å². The monoisotopic (exact) mass is 328 g/mol. The van der Waals surface area contributed by atoms with Crippen LogP contribution in [0.15, 0.2) is 36.7 Å². The van der Waals surface area contributed by atoms with E-state index in [1.54, 1.807) is 0 Å². The number of H-pyrrole nitrogens is 1. The summed E-state index contributed by atoms with van der Waals surface area (Å²) >= 11 is 0. The van der Waals surface area contributed by atoms with Crippen molar-refractivity contribution in [1.29, 1.82) is 0 Å². The Balaban J connectivity index is 1.36. The summed E-state index contributed by atoms with van der Waals surface area (Å²) in [5, 5.41) is 0. The van der Waals surface area contributed by atoms with Crippen molar-refractivity contribution in [2.24, 2.45) is 11.8 Å². The Morgan fingerprint density at radius 1 is 1.00 bits per heavy atom. The number of piperazine rings is 1. The molecule has 126 valence electrons. The van der Waals surface area contributed by atoms with Gasteiger partial charge < -0.3 is 9.80 Å². The Labute approximate surface area is 141 Å². The Kier molecular flexibility index (Phi) is 4.06. The summed E-state index contributed by atoms with van der Waals surface area (Å²) in [5.74, 6) is -0.127. The van der Waals surface area contributed by atoms with Gasteiger partial charge in [-0.15, -0.1) is 0 Å². The number of rotatable bonds is 3. The molecule has 1 aromatic heterocycles. The molecule has 0 spiro atoms. The number of quaternary nitrogens is 1. The van der Waals surface area contributed by atoms with Crippen LogP contribution in [0.5, 0.6) is 0 Å². The van der Waals surface area contributed by atoms with Crippen molar-refractivity contribution in [1.82, 2.24) is 4.90 Å². The average Bonchev–Trinajstić information content (AvgIpc) is 2.88. The van der Waals surface area contributed by atoms with E-state index in [9.17, 15) is 9.59 Å². The molecule has 2 saturated heterocycles. The molecule has 3 heterocycles. The zero-order valence-electron chi connectivity index (χ0n) is 13.8. The van der Waals surface area contributed by atoms with E-state index in [1.165, 1.54) is 15.5 Å². The molecule has 2 N–H and O–H groups in total. The van der Waals surface area contributed by atoms with Gasteiger partial charge in [0.05, 0.1) is 38.0 Å². The lowest BCUT2D eigenvalue weighted by molar-refractivity contribution is -0.908. The lowest BCUT2D eigenvalue weighted by atomic mass is 9.85. The fraction of sp³-hybridized carbons (Fsp3) is 0.500. The summed E-state index contributed by atoms with van der Waals surface area (Å²) in [5.41, 5.74) is 1.22. The molecule has 0 saturated carbocycles. The van der Waals surface area contributed by atoms with Crippen LogP contribution >= 0.6 is 0 Å². The maximum atomic E-state index is 12.6. The topological polar surface area (TPSA) is 59.2 Å². The minimum atomic E-state index is -0.108. The lowest BCUT2D eigenvalue weighted by Gasteiger charge is -2.34. The Bertz CT molecular complexity index is 626. The maximum absolute atomic E-state index is 12.6. The van der Waals surface area contributed by atoms with Crippen molar-refractivity contribution < 1.29 is 19.5 Å². The van der Waals surface area contributed by atoms with Crippen molar-refractivity contribution >= 4 is 17.5 Å². The largest absolute Gasteiger partial charge is 0.360 e. The second-order valence-electron chi connectivity index (χ2n) is 6.91. The first-order valence-corrected chi connectivity index (χ1v) is 8.79. The van der Waals surface area contributed by atoms with Crippen LogP contribution in [-0.4, -0.2) is 49.6 Å². The number of anilines is 1. The molecule has 0 radical (unpaired) electrons. The second-order valence-corrected chi connectivity index (χ2v) is 6.91. The minimum absolute atomic E-state index is 0.0443. The molecular weight excluding hydrogens is 304 g/mol. The summed E-state index contributed by atoms with van der Waals surface area (Å²) in [6, 6.07) is 4.16. The first-order chi connectivity index (χ1) is 11.7. The highest BCUT2D eigenvalue weighted by Crippen LogP contribution is 2.34.